The van der Waals surface area contributed by atoms with Gasteiger partial charge in [0.1, 0.15) is 5.82 Å². The summed E-state index contributed by atoms with van der Waals surface area (Å²) in [4.78, 5) is 18.2. The van der Waals surface area contributed by atoms with E-state index in [1.54, 1.807) is 12.1 Å². The maximum atomic E-state index is 13.2. The fourth-order valence-electron chi connectivity index (χ4n) is 6.09. The van der Waals surface area contributed by atoms with Gasteiger partial charge in [-0.15, -0.1) is 0 Å². The van der Waals surface area contributed by atoms with E-state index in [0.29, 0.717) is 23.9 Å². The predicted molar refractivity (Wildman–Crippen MR) is 99.9 cm³/mol. The Balaban J connectivity index is 1.41. The molecule has 4 unspecified atom stereocenters. The Bertz CT molecular complexity index is 726. The third-order valence-electron chi connectivity index (χ3n) is 7.13. The van der Waals surface area contributed by atoms with Crippen LogP contribution in [0.15, 0.2) is 29.8 Å². The van der Waals surface area contributed by atoms with Gasteiger partial charge in [-0.2, -0.15) is 0 Å². The van der Waals surface area contributed by atoms with E-state index in [1.807, 2.05) is 6.08 Å². The second kappa shape index (κ2) is 6.49. The van der Waals surface area contributed by atoms with Crippen molar-refractivity contribution >= 4 is 12.0 Å². The van der Waals surface area contributed by atoms with Crippen LogP contribution in [0.3, 0.4) is 0 Å². The number of carbonyl (C=O) groups is 1. The highest BCUT2D eigenvalue weighted by atomic mass is 19.1. The molecule has 1 aromatic rings. The zero-order chi connectivity index (χ0) is 17.7. The number of fused-ring (bicyclic) bond motifs is 2. The molecule has 0 aliphatic carbocycles. The van der Waals surface area contributed by atoms with Gasteiger partial charge in [0.15, 0.2) is 0 Å². The molecule has 4 aliphatic heterocycles. The van der Waals surface area contributed by atoms with Crippen molar-refractivity contribution in [2.75, 3.05) is 19.6 Å². The maximum Gasteiger partial charge on any atom is 0.250 e. The van der Waals surface area contributed by atoms with Crippen LogP contribution in [0, 0.1) is 17.7 Å². The Morgan fingerprint density at radius 2 is 1.81 bits per heavy atom. The smallest absolute Gasteiger partial charge is 0.250 e. The van der Waals surface area contributed by atoms with Crippen LogP contribution in [0.4, 0.5) is 4.39 Å². The molecule has 1 amide bonds. The highest BCUT2D eigenvalue weighted by Gasteiger charge is 2.51. The molecule has 4 atom stereocenters. The van der Waals surface area contributed by atoms with E-state index < -0.39 is 0 Å². The van der Waals surface area contributed by atoms with Crippen molar-refractivity contribution in [3.63, 3.8) is 0 Å². The molecule has 3 nitrogen and oxygen atoms in total. The molecule has 0 spiro atoms. The van der Waals surface area contributed by atoms with Gasteiger partial charge in [0.05, 0.1) is 0 Å². The second-order valence-corrected chi connectivity index (χ2v) is 8.52. The third-order valence-corrected chi connectivity index (χ3v) is 7.13. The third kappa shape index (κ3) is 2.70. The van der Waals surface area contributed by atoms with E-state index in [2.05, 4.69) is 9.80 Å². The van der Waals surface area contributed by atoms with Crippen LogP contribution in [0.1, 0.15) is 44.1 Å². The lowest BCUT2D eigenvalue weighted by Gasteiger charge is -2.58. The normalized spacial score (nSPS) is 36.0. The van der Waals surface area contributed by atoms with E-state index in [1.165, 1.54) is 50.9 Å². The van der Waals surface area contributed by atoms with Gasteiger partial charge in [-0.05, 0) is 87.2 Å². The van der Waals surface area contributed by atoms with Gasteiger partial charge in [0, 0.05) is 24.2 Å². The van der Waals surface area contributed by atoms with Crippen molar-refractivity contribution in [3.8, 4) is 0 Å². The molecular formula is C22H27FN2O. The summed E-state index contributed by atoms with van der Waals surface area (Å²) < 4.78 is 13.1. The summed E-state index contributed by atoms with van der Waals surface area (Å²) in [6, 6.07) is 7.59. The first-order valence-corrected chi connectivity index (χ1v) is 10.2. The summed E-state index contributed by atoms with van der Waals surface area (Å²) in [6.45, 7) is 3.45. The molecule has 4 aliphatic rings. The Kier molecular flexibility index (Phi) is 4.11. The Morgan fingerprint density at radius 3 is 2.62 bits per heavy atom. The lowest BCUT2D eigenvalue weighted by atomic mass is 9.67. The number of hydrogen-bond acceptors (Lipinski definition) is 2. The maximum absolute atomic E-state index is 13.2. The number of nitrogens with zero attached hydrogens (tertiary/aromatic N) is 2. The second-order valence-electron chi connectivity index (χ2n) is 8.52. The molecule has 4 saturated heterocycles. The largest absolute Gasteiger partial charge is 0.335 e. The van der Waals surface area contributed by atoms with Crippen molar-refractivity contribution in [2.45, 2.75) is 50.6 Å². The van der Waals surface area contributed by atoms with Crippen LogP contribution in [0.5, 0.6) is 0 Å². The minimum absolute atomic E-state index is 0.228. The fourth-order valence-corrected chi connectivity index (χ4v) is 6.09. The Hall–Kier alpha value is -1.68. The van der Waals surface area contributed by atoms with Crippen LogP contribution in [0.25, 0.3) is 6.08 Å². The molecule has 0 saturated carbocycles. The summed E-state index contributed by atoms with van der Waals surface area (Å²) in [5, 5.41) is 0. The van der Waals surface area contributed by atoms with Gasteiger partial charge in [-0.1, -0.05) is 12.1 Å². The molecule has 138 valence electrons. The molecule has 4 heteroatoms. The van der Waals surface area contributed by atoms with Gasteiger partial charge < -0.3 is 4.90 Å². The standard InChI is InChI=1S/C22H27FN2O/c23-18-8-5-15(6-9-18)13-16-7-10-20-19-4-2-12-24-11-1-3-17(21(19)24)14-25(20)22(16)26/h5-6,8-9,13,17,19-21H,1-4,7,10-12,14H2/b16-13+. The first kappa shape index (κ1) is 16.5. The van der Waals surface area contributed by atoms with E-state index in [4.69, 9.17) is 0 Å². The first-order chi connectivity index (χ1) is 12.7. The van der Waals surface area contributed by atoms with E-state index >= 15 is 0 Å². The lowest BCUT2D eigenvalue weighted by Crippen LogP contribution is -2.66. The molecule has 26 heavy (non-hydrogen) atoms. The summed E-state index contributed by atoms with van der Waals surface area (Å²) >= 11 is 0. The molecule has 5 rings (SSSR count). The zero-order valence-corrected chi connectivity index (χ0v) is 15.2. The van der Waals surface area contributed by atoms with Crippen molar-refractivity contribution in [3.05, 3.63) is 41.2 Å². The summed E-state index contributed by atoms with van der Waals surface area (Å²) in [5.41, 5.74) is 1.82. The van der Waals surface area contributed by atoms with Crippen LogP contribution >= 0.6 is 0 Å². The monoisotopic (exact) mass is 354 g/mol. The van der Waals surface area contributed by atoms with Crippen molar-refractivity contribution in [1.82, 2.24) is 9.80 Å². The van der Waals surface area contributed by atoms with E-state index in [-0.39, 0.29) is 11.7 Å². The number of carbonyl (C=O) groups excluding carboxylic acids is 1. The number of amides is 1. The summed E-state index contributed by atoms with van der Waals surface area (Å²) in [7, 11) is 0. The Labute approximate surface area is 154 Å². The summed E-state index contributed by atoms with van der Waals surface area (Å²) in [6.07, 6.45) is 9.02. The van der Waals surface area contributed by atoms with E-state index in [0.717, 1.165) is 30.5 Å². The number of halogens is 1. The van der Waals surface area contributed by atoms with Gasteiger partial charge in [-0.25, -0.2) is 4.39 Å². The lowest BCUT2D eigenvalue weighted by molar-refractivity contribution is -0.145. The average molecular weight is 354 g/mol. The minimum Gasteiger partial charge on any atom is -0.335 e. The van der Waals surface area contributed by atoms with Crippen molar-refractivity contribution in [2.24, 2.45) is 11.8 Å². The highest BCUT2D eigenvalue weighted by Crippen LogP contribution is 2.45. The SMILES string of the molecule is O=C1/C(=C/c2ccc(F)cc2)CCC2C3CCCN4CCCC(CN12)C34. The molecular weight excluding hydrogens is 327 g/mol. The molecule has 4 fully saturated rings. The van der Waals surface area contributed by atoms with Crippen molar-refractivity contribution in [1.29, 1.82) is 0 Å². The molecule has 0 radical (unpaired) electrons. The zero-order valence-electron chi connectivity index (χ0n) is 15.2. The van der Waals surface area contributed by atoms with Crippen LogP contribution < -0.4 is 0 Å². The molecule has 4 heterocycles. The molecule has 1 aromatic carbocycles. The predicted octanol–water partition coefficient (Wildman–Crippen LogP) is 3.70. The molecule has 0 aromatic heterocycles. The van der Waals surface area contributed by atoms with E-state index in [9.17, 15) is 9.18 Å². The average Bonchev–Trinajstić information content (AvgIpc) is 2.67. The number of piperidine rings is 4. The minimum atomic E-state index is -0.233. The van der Waals surface area contributed by atoms with Gasteiger partial charge in [0.25, 0.3) is 0 Å². The van der Waals surface area contributed by atoms with Crippen LogP contribution in [-0.4, -0.2) is 47.4 Å². The number of rotatable bonds is 1. The fraction of sp³-hybridized carbons (Fsp3) is 0.591. The molecule has 0 bridgehead atoms. The van der Waals surface area contributed by atoms with Gasteiger partial charge in [0.2, 0.25) is 5.91 Å². The highest BCUT2D eigenvalue weighted by molar-refractivity contribution is 5.98. The van der Waals surface area contributed by atoms with Crippen molar-refractivity contribution < 1.29 is 9.18 Å². The quantitative estimate of drug-likeness (QED) is 0.718. The van der Waals surface area contributed by atoms with Gasteiger partial charge in [-0.3, -0.25) is 9.69 Å². The molecule has 0 N–H and O–H groups in total. The first-order valence-electron chi connectivity index (χ1n) is 10.2. The number of hydrogen-bond donors (Lipinski definition) is 0. The van der Waals surface area contributed by atoms with Crippen LogP contribution in [-0.2, 0) is 4.79 Å². The van der Waals surface area contributed by atoms with Gasteiger partial charge >= 0.3 is 0 Å². The topological polar surface area (TPSA) is 23.6 Å². The summed E-state index contributed by atoms with van der Waals surface area (Å²) in [5.74, 6) is 1.31. The number of benzene rings is 1. The Morgan fingerprint density at radius 1 is 1.04 bits per heavy atom. The van der Waals surface area contributed by atoms with Crippen LogP contribution in [0.2, 0.25) is 0 Å².